The van der Waals surface area contributed by atoms with Gasteiger partial charge in [0, 0.05) is 23.6 Å². The molecule has 3 aromatic carbocycles. The maximum absolute atomic E-state index is 14.3. The van der Waals surface area contributed by atoms with Crippen molar-refractivity contribution in [3.05, 3.63) is 118 Å². The molecule has 4 rings (SSSR count). The van der Waals surface area contributed by atoms with Crippen LogP contribution in [-0.2, 0) is 33.7 Å². The Balaban J connectivity index is 1.71. The van der Waals surface area contributed by atoms with Gasteiger partial charge < -0.3 is 9.64 Å². The van der Waals surface area contributed by atoms with E-state index in [1.165, 1.54) is 31.2 Å². The SMILES string of the molecule is CC1=C(C(=O)OCc2ccccc2)C(c2ccc(C(F)(F)F)cc2)CC(=O)N1Cc1cccc(F)c1F. The van der Waals surface area contributed by atoms with E-state index in [0.717, 1.165) is 23.1 Å². The molecular weight excluding hydrogens is 493 g/mol. The number of rotatable bonds is 6. The minimum Gasteiger partial charge on any atom is -0.457 e. The first-order valence-corrected chi connectivity index (χ1v) is 11.4. The Morgan fingerprint density at radius 3 is 2.30 bits per heavy atom. The first-order valence-electron chi connectivity index (χ1n) is 11.4. The van der Waals surface area contributed by atoms with Gasteiger partial charge >= 0.3 is 12.1 Å². The summed E-state index contributed by atoms with van der Waals surface area (Å²) >= 11 is 0. The van der Waals surface area contributed by atoms with Gasteiger partial charge in [-0.25, -0.2) is 13.6 Å². The Hall–Kier alpha value is -4.01. The van der Waals surface area contributed by atoms with Crippen molar-refractivity contribution in [2.24, 2.45) is 0 Å². The molecule has 0 bridgehead atoms. The van der Waals surface area contributed by atoms with E-state index in [-0.39, 0.29) is 36.4 Å². The van der Waals surface area contributed by atoms with E-state index >= 15 is 0 Å². The number of hydrogen-bond acceptors (Lipinski definition) is 3. The first-order chi connectivity index (χ1) is 17.6. The lowest BCUT2D eigenvalue weighted by Crippen LogP contribution is -2.38. The van der Waals surface area contributed by atoms with Gasteiger partial charge in [-0.2, -0.15) is 13.2 Å². The molecule has 0 saturated heterocycles. The molecule has 9 heteroatoms. The molecule has 0 saturated carbocycles. The minimum absolute atomic E-state index is 0.0621. The molecule has 1 aliphatic heterocycles. The predicted molar refractivity (Wildman–Crippen MR) is 125 cm³/mol. The number of carbonyl (C=O) groups is 2. The van der Waals surface area contributed by atoms with Crippen LogP contribution in [0.4, 0.5) is 22.0 Å². The lowest BCUT2D eigenvalue weighted by Gasteiger charge is -2.34. The van der Waals surface area contributed by atoms with E-state index in [9.17, 15) is 31.5 Å². The molecular formula is C28H22F5NO3. The van der Waals surface area contributed by atoms with Crippen molar-refractivity contribution < 1.29 is 36.3 Å². The van der Waals surface area contributed by atoms with Gasteiger partial charge in [0.1, 0.15) is 6.61 Å². The number of alkyl halides is 3. The number of esters is 1. The van der Waals surface area contributed by atoms with Crippen molar-refractivity contribution in [1.82, 2.24) is 4.90 Å². The largest absolute Gasteiger partial charge is 0.457 e. The third-order valence-electron chi connectivity index (χ3n) is 6.26. The molecule has 3 aromatic rings. The molecule has 192 valence electrons. The van der Waals surface area contributed by atoms with E-state index in [0.29, 0.717) is 11.1 Å². The van der Waals surface area contributed by atoms with Gasteiger partial charge in [-0.1, -0.05) is 54.6 Å². The zero-order chi connectivity index (χ0) is 26.7. The number of allylic oxidation sites excluding steroid dienone is 1. The molecule has 1 unspecified atom stereocenters. The highest BCUT2D eigenvalue weighted by molar-refractivity contribution is 5.95. The van der Waals surface area contributed by atoms with Crippen LogP contribution >= 0.6 is 0 Å². The fourth-order valence-electron chi connectivity index (χ4n) is 4.30. The van der Waals surface area contributed by atoms with Crippen LogP contribution in [-0.4, -0.2) is 16.8 Å². The second-order valence-electron chi connectivity index (χ2n) is 8.63. The molecule has 0 aliphatic carbocycles. The Morgan fingerprint density at radius 2 is 1.65 bits per heavy atom. The van der Waals surface area contributed by atoms with Gasteiger partial charge in [0.2, 0.25) is 5.91 Å². The second kappa shape index (κ2) is 10.5. The van der Waals surface area contributed by atoms with Gasteiger partial charge in [-0.05, 0) is 36.2 Å². The van der Waals surface area contributed by atoms with E-state index in [4.69, 9.17) is 4.74 Å². The Bertz CT molecular complexity index is 1330. The van der Waals surface area contributed by atoms with Crippen LogP contribution in [0.25, 0.3) is 0 Å². The van der Waals surface area contributed by atoms with Crippen LogP contribution in [0.2, 0.25) is 0 Å². The Morgan fingerprint density at radius 1 is 0.973 bits per heavy atom. The Labute approximate surface area is 210 Å². The number of nitrogens with zero attached hydrogens (tertiary/aromatic N) is 1. The third kappa shape index (κ3) is 5.71. The van der Waals surface area contributed by atoms with Crippen LogP contribution in [0.5, 0.6) is 0 Å². The zero-order valence-corrected chi connectivity index (χ0v) is 19.7. The highest BCUT2D eigenvalue weighted by Gasteiger charge is 2.38. The van der Waals surface area contributed by atoms with E-state index in [1.807, 2.05) is 0 Å². The summed E-state index contributed by atoms with van der Waals surface area (Å²) < 4.78 is 72.8. The van der Waals surface area contributed by atoms with Gasteiger partial charge in [-0.3, -0.25) is 4.79 Å². The van der Waals surface area contributed by atoms with Crippen molar-refractivity contribution in [3.8, 4) is 0 Å². The van der Waals surface area contributed by atoms with Gasteiger partial charge in [0.15, 0.2) is 11.6 Å². The molecule has 4 nitrogen and oxygen atoms in total. The minimum atomic E-state index is -4.55. The smallest absolute Gasteiger partial charge is 0.416 e. The van der Waals surface area contributed by atoms with Crippen LogP contribution in [0, 0.1) is 11.6 Å². The number of hydrogen-bond donors (Lipinski definition) is 0. The number of carbonyl (C=O) groups excluding carboxylic acids is 2. The summed E-state index contributed by atoms with van der Waals surface area (Å²) in [6, 6.07) is 16.7. The van der Waals surface area contributed by atoms with Gasteiger partial charge in [-0.15, -0.1) is 0 Å². The molecule has 0 radical (unpaired) electrons. The van der Waals surface area contributed by atoms with Crippen molar-refractivity contribution >= 4 is 11.9 Å². The lowest BCUT2D eigenvalue weighted by molar-refractivity contribution is -0.142. The fraction of sp³-hybridized carbons (Fsp3) is 0.214. The fourth-order valence-corrected chi connectivity index (χ4v) is 4.30. The second-order valence-corrected chi connectivity index (χ2v) is 8.63. The normalized spacial score (nSPS) is 16.2. The summed E-state index contributed by atoms with van der Waals surface area (Å²) in [5.41, 5.74) is 0.304. The van der Waals surface area contributed by atoms with E-state index in [1.54, 1.807) is 30.3 Å². The summed E-state index contributed by atoms with van der Waals surface area (Å²) in [6.45, 7) is 1.08. The maximum Gasteiger partial charge on any atom is 0.416 e. The van der Waals surface area contributed by atoms with Gasteiger partial charge in [0.25, 0.3) is 0 Å². The highest BCUT2D eigenvalue weighted by Crippen LogP contribution is 2.39. The molecule has 1 heterocycles. The zero-order valence-electron chi connectivity index (χ0n) is 19.7. The van der Waals surface area contributed by atoms with Crippen molar-refractivity contribution in [2.45, 2.75) is 38.6 Å². The van der Waals surface area contributed by atoms with Crippen molar-refractivity contribution in [1.29, 1.82) is 0 Å². The molecule has 1 aliphatic rings. The molecule has 0 spiro atoms. The van der Waals surface area contributed by atoms with Crippen LogP contribution in [0.1, 0.15) is 41.5 Å². The lowest BCUT2D eigenvalue weighted by atomic mass is 9.83. The maximum atomic E-state index is 14.3. The highest BCUT2D eigenvalue weighted by atomic mass is 19.4. The van der Waals surface area contributed by atoms with Gasteiger partial charge in [0.05, 0.1) is 17.7 Å². The first kappa shape index (κ1) is 26.1. The van der Waals surface area contributed by atoms with Crippen LogP contribution in [0.3, 0.4) is 0 Å². The third-order valence-corrected chi connectivity index (χ3v) is 6.26. The molecule has 0 N–H and O–H groups in total. The quantitative estimate of drug-likeness (QED) is 0.278. The summed E-state index contributed by atoms with van der Waals surface area (Å²) in [5, 5.41) is 0. The monoisotopic (exact) mass is 515 g/mol. The van der Waals surface area contributed by atoms with Crippen molar-refractivity contribution in [3.63, 3.8) is 0 Å². The topological polar surface area (TPSA) is 46.6 Å². The predicted octanol–water partition coefficient (Wildman–Crippen LogP) is 6.52. The summed E-state index contributed by atoms with van der Waals surface area (Å²) in [5.74, 6) is -4.32. The van der Waals surface area contributed by atoms with Crippen molar-refractivity contribution in [2.75, 3.05) is 0 Å². The standard InChI is InChI=1S/C28H22F5NO3/c1-17-25(27(36)37-16-18-6-3-2-4-7-18)22(19-10-12-21(13-11-19)28(31,32)33)14-24(35)34(17)15-20-8-5-9-23(29)26(20)30/h2-13,22H,14-16H2,1H3. The average Bonchev–Trinajstić information content (AvgIpc) is 2.87. The van der Waals surface area contributed by atoms with E-state index in [2.05, 4.69) is 0 Å². The average molecular weight is 515 g/mol. The summed E-state index contributed by atoms with van der Waals surface area (Å²) in [4.78, 5) is 27.6. The molecule has 0 aromatic heterocycles. The molecule has 0 fully saturated rings. The summed E-state index contributed by atoms with van der Waals surface area (Å²) in [7, 11) is 0. The molecule has 1 atom stereocenters. The molecule has 1 amide bonds. The van der Waals surface area contributed by atoms with E-state index < -0.39 is 41.2 Å². The summed E-state index contributed by atoms with van der Waals surface area (Å²) in [6.07, 6.45) is -4.81. The Kier molecular flexibility index (Phi) is 7.42. The number of ether oxygens (including phenoxy) is 1. The van der Waals surface area contributed by atoms with Crippen LogP contribution in [0.15, 0.2) is 84.1 Å². The number of halogens is 5. The molecule has 37 heavy (non-hydrogen) atoms. The number of benzene rings is 3. The number of amides is 1. The van der Waals surface area contributed by atoms with Crippen LogP contribution < -0.4 is 0 Å².